The second-order valence-corrected chi connectivity index (χ2v) is 10.9. The van der Waals surface area contributed by atoms with Crippen LogP contribution in [0.4, 0.5) is 5.69 Å². The number of benzene rings is 3. The molecular formula is C28H27ClN2O3S. The molecule has 0 atom stereocenters. The van der Waals surface area contributed by atoms with Gasteiger partial charge in [0.15, 0.2) is 0 Å². The normalized spacial score (nSPS) is 12.0. The minimum Gasteiger partial charge on any atom is -0.459 e. The van der Waals surface area contributed by atoms with Crippen LogP contribution in [0.2, 0.25) is 5.02 Å². The zero-order chi connectivity index (χ0) is 25.0. The van der Waals surface area contributed by atoms with E-state index in [0.717, 1.165) is 16.8 Å². The van der Waals surface area contributed by atoms with Crippen molar-refractivity contribution in [2.75, 3.05) is 0 Å². The second-order valence-electron chi connectivity index (χ2n) is 8.54. The van der Waals surface area contributed by atoms with Gasteiger partial charge in [-0.3, -0.25) is 4.99 Å². The third-order valence-electron chi connectivity index (χ3n) is 5.78. The Labute approximate surface area is 211 Å². The molecule has 180 valence electrons. The highest BCUT2D eigenvalue weighted by Gasteiger charge is 2.26. The Morgan fingerprint density at radius 1 is 0.857 bits per heavy atom. The number of aliphatic imine (C=N–C) groups is 1. The quantitative estimate of drug-likeness (QED) is 0.242. The maximum Gasteiger partial charge on any atom is 0.243 e. The number of sulfonamides is 1. The van der Waals surface area contributed by atoms with E-state index in [-0.39, 0.29) is 18.0 Å². The molecule has 0 unspecified atom stereocenters. The largest absolute Gasteiger partial charge is 0.459 e. The maximum atomic E-state index is 13.5. The average molecular weight is 507 g/mol. The number of halogens is 1. The van der Waals surface area contributed by atoms with Crippen LogP contribution in [0.25, 0.3) is 0 Å². The molecule has 0 spiro atoms. The number of aryl methyl sites for hydroxylation is 3. The van der Waals surface area contributed by atoms with Crippen LogP contribution in [0.15, 0.2) is 93.2 Å². The monoisotopic (exact) mass is 506 g/mol. The molecule has 1 heterocycles. The molecule has 0 aliphatic carbocycles. The summed E-state index contributed by atoms with van der Waals surface area (Å²) in [5.74, 6) is 1.08. The van der Waals surface area contributed by atoms with Crippen molar-refractivity contribution >= 4 is 33.5 Å². The lowest BCUT2D eigenvalue weighted by atomic mass is 10.1. The zero-order valence-electron chi connectivity index (χ0n) is 19.9. The Morgan fingerprint density at radius 3 is 2.26 bits per heavy atom. The van der Waals surface area contributed by atoms with Crippen LogP contribution in [0.5, 0.6) is 0 Å². The SMILES string of the molecule is Cc1ccc(S(=O)(=O)N(Cc2ccc(Cl)cc2)Cc2ccc(C=Nc3ccc(C)c(C)c3)o2)cc1. The van der Waals surface area contributed by atoms with Gasteiger partial charge in [-0.2, -0.15) is 4.31 Å². The summed E-state index contributed by atoms with van der Waals surface area (Å²) in [5, 5.41) is 0.598. The summed E-state index contributed by atoms with van der Waals surface area (Å²) in [5.41, 5.74) is 5.02. The lowest BCUT2D eigenvalue weighted by molar-refractivity contribution is 0.357. The summed E-state index contributed by atoms with van der Waals surface area (Å²) >= 11 is 6.01. The van der Waals surface area contributed by atoms with E-state index in [1.165, 1.54) is 15.4 Å². The number of hydrogen-bond acceptors (Lipinski definition) is 4. The van der Waals surface area contributed by atoms with Crippen molar-refractivity contribution in [1.29, 1.82) is 0 Å². The van der Waals surface area contributed by atoms with E-state index in [4.69, 9.17) is 16.0 Å². The van der Waals surface area contributed by atoms with E-state index in [0.29, 0.717) is 16.5 Å². The number of furan rings is 1. The third-order valence-corrected chi connectivity index (χ3v) is 7.83. The van der Waals surface area contributed by atoms with Crippen LogP contribution >= 0.6 is 11.6 Å². The van der Waals surface area contributed by atoms with Gasteiger partial charge in [-0.1, -0.05) is 47.5 Å². The van der Waals surface area contributed by atoms with Crippen LogP contribution in [-0.4, -0.2) is 18.9 Å². The molecule has 0 saturated carbocycles. The van der Waals surface area contributed by atoms with Crippen molar-refractivity contribution in [3.05, 3.63) is 118 Å². The highest BCUT2D eigenvalue weighted by Crippen LogP contribution is 2.23. The molecule has 0 saturated heterocycles. The van der Waals surface area contributed by atoms with Gasteiger partial charge in [0.1, 0.15) is 11.5 Å². The molecule has 35 heavy (non-hydrogen) atoms. The van der Waals surface area contributed by atoms with Crippen LogP contribution in [0.3, 0.4) is 0 Å². The molecule has 0 bridgehead atoms. The van der Waals surface area contributed by atoms with Gasteiger partial charge in [0, 0.05) is 11.6 Å². The van der Waals surface area contributed by atoms with Crippen LogP contribution in [-0.2, 0) is 23.1 Å². The summed E-state index contributed by atoms with van der Waals surface area (Å²) < 4.78 is 34.4. The average Bonchev–Trinajstić information content (AvgIpc) is 3.28. The zero-order valence-corrected chi connectivity index (χ0v) is 21.5. The van der Waals surface area contributed by atoms with Gasteiger partial charge in [0.05, 0.1) is 23.3 Å². The molecule has 0 amide bonds. The van der Waals surface area contributed by atoms with Gasteiger partial charge in [-0.15, -0.1) is 0 Å². The Hall–Kier alpha value is -3.19. The first-order valence-corrected chi connectivity index (χ1v) is 13.0. The fourth-order valence-corrected chi connectivity index (χ4v) is 5.07. The molecule has 7 heteroatoms. The molecule has 0 N–H and O–H groups in total. The fraction of sp³-hybridized carbons (Fsp3) is 0.179. The summed E-state index contributed by atoms with van der Waals surface area (Å²) in [6.45, 7) is 6.29. The number of hydrogen-bond donors (Lipinski definition) is 0. The Morgan fingerprint density at radius 2 is 1.57 bits per heavy atom. The van der Waals surface area contributed by atoms with Crippen molar-refractivity contribution in [3.8, 4) is 0 Å². The van der Waals surface area contributed by atoms with Crippen molar-refractivity contribution in [2.45, 2.75) is 38.8 Å². The van der Waals surface area contributed by atoms with Crippen LogP contribution < -0.4 is 0 Å². The van der Waals surface area contributed by atoms with E-state index in [1.54, 1.807) is 54.7 Å². The highest BCUT2D eigenvalue weighted by atomic mass is 35.5. The predicted molar refractivity (Wildman–Crippen MR) is 141 cm³/mol. The summed E-state index contributed by atoms with van der Waals surface area (Å²) in [7, 11) is -3.77. The molecule has 0 aliphatic rings. The van der Waals surface area contributed by atoms with Crippen LogP contribution in [0.1, 0.15) is 33.8 Å². The standard InChI is InChI=1S/C28H27ClN2O3S/c1-20-4-14-28(15-5-20)35(32,33)31(18-23-7-9-24(29)10-8-23)19-27-13-12-26(34-27)17-30-25-11-6-21(2)22(3)16-25/h4-17H,18-19H2,1-3H3. The summed E-state index contributed by atoms with van der Waals surface area (Å²) in [4.78, 5) is 4.72. The summed E-state index contributed by atoms with van der Waals surface area (Å²) in [6.07, 6.45) is 1.64. The minimum absolute atomic E-state index is 0.0797. The van der Waals surface area contributed by atoms with E-state index >= 15 is 0 Å². The van der Waals surface area contributed by atoms with Crippen LogP contribution in [0, 0.1) is 20.8 Å². The highest BCUT2D eigenvalue weighted by molar-refractivity contribution is 7.89. The molecule has 5 nitrogen and oxygen atoms in total. The minimum atomic E-state index is -3.77. The molecule has 0 radical (unpaired) electrons. The number of nitrogens with zero attached hydrogens (tertiary/aromatic N) is 2. The van der Waals surface area contributed by atoms with Gasteiger partial charge in [-0.25, -0.2) is 8.42 Å². The number of rotatable bonds is 8. The molecule has 3 aromatic carbocycles. The second kappa shape index (κ2) is 10.6. The molecule has 0 aliphatic heterocycles. The van der Waals surface area contributed by atoms with Crippen molar-refractivity contribution in [2.24, 2.45) is 4.99 Å². The first-order chi connectivity index (χ1) is 16.7. The smallest absolute Gasteiger partial charge is 0.243 e. The molecule has 0 fully saturated rings. The Kier molecular flexibility index (Phi) is 7.55. The van der Waals surface area contributed by atoms with Gasteiger partial charge < -0.3 is 4.42 Å². The lowest BCUT2D eigenvalue weighted by Gasteiger charge is -2.21. The predicted octanol–water partition coefficient (Wildman–Crippen LogP) is 7.00. The van der Waals surface area contributed by atoms with Gasteiger partial charge in [-0.05, 0) is 86.0 Å². The topological polar surface area (TPSA) is 62.9 Å². The van der Waals surface area contributed by atoms with E-state index < -0.39 is 10.0 Å². The molecular weight excluding hydrogens is 480 g/mol. The fourth-order valence-electron chi connectivity index (χ4n) is 3.55. The molecule has 4 rings (SSSR count). The van der Waals surface area contributed by atoms with Crippen molar-refractivity contribution < 1.29 is 12.8 Å². The van der Waals surface area contributed by atoms with Crippen molar-refractivity contribution in [3.63, 3.8) is 0 Å². The van der Waals surface area contributed by atoms with E-state index in [2.05, 4.69) is 11.9 Å². The maximum absolute atomic E-state index is 13.5. The van der Waals surface area contributed by atoms with E-state index in [1.807, 2.05) is 44.2 Å². The first kappa shape index (κ1) is 24.9. The van der Waals surface area contributed by atoms with Crippen molar-refractivity contribution in [1.82, 2.24) is 4.31 Å². The third kappa shape index (κ3) is 6.28. The van der Waals surface area contributed by atoms with Gasteiger partial charge >= 0.3 is 0 Å². The first-order valence-electron chi connectivity index (χ1n) is 11.2. The lowest BCUT2D eigenvalue weighted by Crippen LogP contribution is -2.30. The molecule has 1 aromatic heterocycles. The summed E-state index contributed by atoms with van der Waals surface area (Å²) in [6, 6.07) is 23.6. The van der Waals surface area contributed by atoms with Gasteiger partial charge in [0.2, 0.25) is 10.0 Å². The Balaban J connectivity index is 1.58. The van der Waals surface area contributed by atoms with E-state index in [9.17, 15) is 8.42 Å². The van der Waals surface area contributed by atoms with Gasteiger partial charge in [0.25, 0.3) is 0 Å². The Bertz CT molecular complexity index is 1440. The molecule has 4 aromatic rings.